The first-order chi connectivity index (χ1) is 9.06. The van der Waals surface area contributed by atoms with Gasteiger partial charge in [-0.2, -0.15) is 0 Å². The van der Waals surface area contributed by atoms with Gasteiger partial charge in [-0.05, 0) is 6.07 Å². The van der Waals surface area contributed by atoms with E-state index in [0.29, 0.717) is 10.7 Å². The summed E-state index contributed by atoms with van der Waals surface area (Å²) >= 11 is 1.05. The third-order valence-electron chi connectivity index (χ3n) is 2.36. The van der Waals surface area contributed by atoms with Crippen LogP contribution in [-0.4, -0.2) is 26.4 Å². The maximum absolute atomic E-state index is 13.5. The molecule has 0 amide bonds. The first-order valence-electron chi connectivity index (χ1n) is 5.36. The van der Waals surface area contributed by atoms with Gasteiger partial charge in [0.05, 0.1) is 12.3 Å². The van der Waals surface area contributed by atoms with Gasteiger partial charge in [-0.15, -0.1) is 0 Å². The largest absolute Gasteiger partial charge is 0.481 e. The Morgan fingerprint density at radius 3 is 2.89 bits per heavy atom. The van der Waals surface area contributed by atoms with Gasteiger partial charge in [-0.3, -0.25) is 4.79 Å². The van der Waals surface area contributed by atoms with E-state index in [-0.39, 0.29) is 12.3 Å². The second kappa shape index (κ2) is 5.83. The number of rotatable bonds is 5. The molecule has 0 aliphatic heterocycles. The van der Waals surface area contributed by atoms with Crippen LogP contribution in [0.2, 0.25) is 0 Å². The molecule has 19 heavy (non-hydrogen) atoms. The number of aromatic nitrogens is 2. The first-order valence-corrected chi connectivity index (χ1v) is 6.34. The normalized spacial score (nSPS) is 10.6. The molecule has 1 aromatic carbocycles. The van der Waals surface area contributed by atoms with Crippen LogP contribution >= 0.6 is 11.8 Å². The highest BCUT2D eigenvalue weighted by Crippen LogP contribution is 2.18. The van der Waals surface area contributed by atoms with Crippen molar-refractivity contribution in [2.45, 2.75) is 11.7 Å². The summed E-state index contributed by atoms with van der Waals surface area (Å²) in [6.45, 7) is 0.175. The van der Waals surface area contributed by atoms with E-state index in [2.05, 4.69) is 4.98 Å². The Kier molecular flexibility index (Phi) is 4.16. The van der Waals surface area contributed by atoms with Crippen LogP contribution in [0.4, 0.5) is 8.78 Å². The maximum atomic E-state index is 13.5. The van der Waals surface area contributed by atoms with Crippen LogP contribution in [0, 0.1) is 11.6 Å². The smallest absolute Gasteiger partial charge is 0.313 e. The summed E-state index contributed by atoms with van der Waals surface area (Å²) < 4.78 is 27.9. The standard InChI is InChI=1S/C12H10F2N2O2S/c13-9-2-1-8(10(14)5-9)6-16-4-3-15-12(16)19-7-11(17)18/h1-5H,6-7H2,(H,17,18). The zero-order valence-electron chi connectivity index (χ0n) is 9.72. The molecule has 0 bridgehead atoms. The summed E-state index contributed by atoms with van der Waals surface area (Å²) in [5, 5.41) is 9.09. The number of hydrogen-bond acceptors (Lipinski definition) is 3. The van der Waals surface area contributed by atoms with E-state index in [1.807, 2.05) is 0 Å². The van der Waals surface area contributed by atoms with E-state index >= 15 is 0 Å². The lowest BCUT2D eigenvalue weighted by molar-refractivity contribution is -0.133. The molecular weight excluding hydrogens is 274 g/mol. The van der Waals surface area contributed by atoms with Crippen LogP contribution in [-0.2, 0) is 11.3 Å². The molecule has 2 rings (SSSR count). The van der Waals surface area contributed by atoms with Gasteiger partial charge in [0.1, 0.15) is 11.6 Å². The fourth-order valence-corrected chi connectivity index (χ4v) is 2.19. The van der Waals surface area contributed by atoms with Gasteiger partial charge in [0.25, 0.3) is 0 Å². The van der Waals surface area contributed by atoms with E-state index in [9.17, 15) is 13.6 Å². The number of imidazole rings is 1. The Labute approximate surface area is 112 Å². The summed E-state index contributed by atoms with van der Waals surface area (Å²) in [5.41, 5.74) is 0.316. The number of thioether (sulfide) groups is 1. The molecule has 0 radical (unpaired) electrons. The molecule has 0 fully saturated rings. The molecule has 0 saturated heterocycles. The van der Waals surface area contributed by atoms with E-state index in [4.69, 9.17) is 5.11 Å². The van der Waals surface area contributed by atoms with Gasteiger partial charge in [0, 0.05) is 24.0 Å². The predicted molar refractivity (Wildman–Crippen MR) is 66.0 cm³/mol. The van der Waals surface area contributed by atoms with Crippen molar-refractivity contribution >= 4 is 17.7 Å². The molecule has 7 heteroatoms. The third-order valence-corrected chi connectivity index (χ3v) is 3.35. The van der Waals surface area contributed by atoms with Crippen LogP contribution in [0.3, 0.4) is 0 Å². The lowest BCUT2D eigenvalue weighted by atomic mass is 10.2. The van der Waals surface area contributed by atoms with Gasteiger partial charge in [0.2, 0.25) is 0 Å². The summed E-state index contributed by atoms with van der Waals surface area (Å²) in [6.07, 6.45) is 3.12. The Morgan fingerprint density at radius 1 is 1.42 bits per heavy atom. The number of aliphatic carboxylic acids is 1. The highest BCUT2D eigenvalue weighted by molar-refractivity contribution is 7.99. The van der Waals surface area contributed by atoms with Crippen LogP contribution in [0.25, 0.3) is 0 Å². The minimum Gasteiger partial charge on any atom is -0.481 e. The van der Waals surface area contributed by atoms with Crippen molar-refractivity contribution in [3.8, 4) is 0 Å². The molecule has 0 unspecified atom stereocenters. The van der Waals surface area contributed by atoms with Crippen molar-refractivity contribution in [3.63, 3.8) is 0 Å². The Bertz CT molecular complexity index is 601. The Morgan fingerprint density at radius 2 is 2.21 bits per heavy atom. The van der Waals surface area contributed by atoms with E-state index in [1.54, 1.807) is 10.8 Å². The minimum absolute atomic E-state index is 0.122. The summed E-state index contributed by atoms with van der Waals surface area (Å²) in [6, 6.07) is 3.35. The number of hydrogen-bond donors (Lipinski definition) is 1. The van der Waals surface area contributed by atoms with E-state index in [1.165, 1.54) is 18.3 Å². The van der Waals surface area contributed by atoms with Gasteiger partial charge < -0.3 is 9.67 Å². The lowest BCUT2D eigenvalue weighted by Crippen LogP contribution is -2.05. The average Bonchev–Trinajstić information content (AvgIpc) is 2.77. The maximum Gasteiger partial charge on any atom is 0.313 e. The molecule has 0 aliphatic carbocycles. The van der Waals surface area contributed by atoms with Crippen LogP contribution in [0.15, 0.2) is 35.7 Å². The van der Waals surface area contributed by atoms with Crippen molar-refractivity contribution in [1.82, 2.24) is 9.55 Å². The highest BCUT2D eigenvalue weighted by Gasteiger charge is 2.09. The van der Waals surface area contributed by atoms with Crippen molar-refractivity contribution in [3.05, 3.63) is 47.8 Å². The third kappa shape index (κ3) is 3.54. The summed E-state index contributed by atoms with van der Waals surface area (Å²) in [4.78, 5) is 14.5. The molecule has 0 aliphatic rings. The topological polar surface area (TPSA) is 55.1 Å². The molecule has 0 atom stereocenters. The van der Waals surface area contributed by atoms with Crippen molar-refractivity contribution < 1.29 is 18.7 Å². The molecule has 1 heterocycles. The first kappa shape index (κ1) is 13.5. The second-order valence-electron chi connectivity index (χ2n) is 3.76. The zero-order valence-corrected chi connectivity index (χ0v) is 10.5. The number of carboxylic acid groups (broad SMARTS) is 1. The molecule has 4 nitrogen and oxygen atoms in total. The fourth-order valence-electron chi connectivity index (χ4n) is 1.52. The van der Waals surface area contributed by atoms with Crippen molar-refractivity contribution in [2.24, 2.45) is 0 Å². The van der Waals surface area contributed by atoms with E-state index in [0.717, 1.165) is 17.8 Å². The van der Waals surface area contributed by atoms with Gasteiger partial charge in [-0.1, -0.05) is 17.8 Å². The Balaban J connectivity index is 2.14. The number of carbonyl (C=O) groups is 1. The fraction of sp³-hybridized carbons (Fsp3) is 0.167. The molecular formula is C12H10F2N2O2S. The molecule has 2 aromatic rings. The molecule has 1 aromatic heterocycles. The molecule has 1 N–H and O–H groups in total. The number of carboxylic acids is 1. The average molecular weight is 284 g/mol. The number of nitrogens with zero attached hydrogens (tertiary/aromatic N) is 2. The summed E-state index contributed by atoms with van der Waals surface area (Å²) in [5.74, 6) is -2.34. The van der Waals surface area contributed by atoms with Crippen molar-refractivity contribution in [2.75, 3.05) is 5.75 Å². The van der Waals surface area contributed by atoms with Crippen molar-refractivity contribution in [1.29, 1.82) is 0 Å². The van der Waals surface area contributed by atoms with Crippen LogP contribution in [0.1, 0.15) is 5.56 Å². The lowest BCUT2D eigenvalue weighted by Gasteiger charge is -2.07. The zero-order chi connectivity index (χ0) is 13.8. The summed E-state index contributed by atoms with van der Waals surface area (Å²) in [7, 11) is 0. The van der Waals surface area contributed by atoms with Gasteiger partial charge >= 0.3 is 5.97 Å². The monoisotopic (exact) mass is 284 g/mol. The van der Waals surface area contributed by atoms with Gasteiger partial charge in [-0.25, -0.2) is 13.8 Å². The van der Waals surface area contributed by atoms with Crippen LogP contribution in [0.5, 0.6) is 0 Å². The minimum atomic E-state index is -0.951. The quantitative estimate of drug-likeness (QED) is 0.857. The SMILES string of the molecule is O=C(O)CSc1nccn1Cc1ccc(F)cc1F. The number of halogens is 2. The van der Waals surface area contributed by atoms with Crippen LogP contribution < -0.4 is 0 Å². The molecule has 0 saturated carbocycles. The second-order valence-corrected chi connectivity index (χ2v) is 4.70. The van der Waals surface area contributed by atoms with E-state index < -0.39 is 17.6 Å². The molecule has 0 spiro atoms. The predicted octanol–water partition coefficient (Wildman–Crippen LogP) is 2.39. The van der Waals surface area contributed by atoms with Gasteiger partial charge in [0.15, 0.2) is 5.16 Å². The molecule has 100 valence electrons. The number of benzene rings is 1. The highest BCUT2D eigenvalue weighted by atomic mass is 32.2. The Hall–Kier alpha value is -1.89.